The third-order valence-electron chi connectivity index (χ3n) is 2.34. The molecule has 0 spiro atoms. The molecule has 3 heteroatoms. The van der Waals surface area contributed by atoms with Crippen LogP contribution in [0.2, 0.25) is 0 Å². The fraction of sp³-hybridized carbons (Fsp3) is 0.364. The molecule has 0 amide bonds. The third-order valence-corrected chi connectivity index (χ3v) is 2.34. The second-order valence-electron chi connectivity index (χ2n) is 3.29. The van der Waals surface area contributed by atoms with Crippen LogP contribution in [0.15, 0.2) is 12.1 Å². The van der Waals surface area contributed by atoms with Crippen LogP contribution < -0.4 is 9.47 Å². The van der Waals surface area contributed by atoms with Crippen LogP contribution in [0, 0.1) is 18.3 Å². The van der Waals surface area contributed by atoms with E-state index in [9.17, 15) is 0 Å². The zero-order valence-corrected chi connectivity index (χ0v) is 8.04. The molecule has 0 radical (unpaired) electrons. The Hall–Kier alpha value is -1.69. The fourth-order valence-electron chi connectivity index (χ4n) is 1.55. The predicted octanol–water partition coefficient (Wildman–Crippen LogP) is 2.18. The first-order chi connectivity index (χ1) is 6.81. The second-order valence-corrected chi connectivity index (χ2v) is 3.29. The minimum absolute atomic E-state index is 0.302. The predicted molar refractivity (Wildman–Crippen MR) is 51.2 cm³/mol. The van der Waals surface area contributed by atoms with Gasteiger partial charge in [-0.1, -0.05) is 0 Å². The smallest absolute Gasteiger partial charge is 0.231 e. The van der Waals surface area contributed by atoms with E-state index in [0.717, 1.165) is 29.0 Å². The zero-order valence-electron chi connectivity index (χ0n) is 8.04. The lowest BCUT2D eigenvalue weighted by atomic mass is 10.0. The highest BCUT2D eigenvalue weighted by molar-refractivity contribution is 5.48. The number of ether oxygens (including phenoxy) is 2. The summed E-state index contributed by atoms with van der Waals surface area (Å²) in [6.45, 7) is 2.32. The van der Waals surface area contributed by atoms with Crippen molar-refractivity contribution in [3.8, 4) is 17.6 Å². The molecule has 1 aromatic carbocycles. The molecule has 0 saturated heterocycles. The summed E-state index contributed by atoms with van der Waals surface area (Å²) < 4.78 is 10.5. The number of hydrogen-bond donors (Lipinski definition) is 0. The summed E-state index contributed by atoms with van der Waals surface area (Å²) in [4.78, 5) is 0. The maximum atomic E-state index is 8.51. The molecule has 3 nitrogen and oxygen atoms in total. The highest BCUT2D eigenvalue weighted by atomic mass is 16.7. The molecule has 1 aromatic rings. The molecule has 0 unspecified atom stereocenters. The van der Waals surface area contributed by atoms with Gasteiger partial charge in [0.05, 0.1) is 6.07 Å². The Morgan fingerprint density at radius 1 is 1.36 bits per heavy atom. The van der Waals surface area contributed by atoms with Gasteiger partial charge in [0.1, 0.15) is 0 Å². The summed E-state index contributed by atoms with van der Waals surface area (Å²) in [6.07, 6.45) is 1.32. The van der Waals surface area contributed by atoms with Gasteiger partial charge >= 0.3 is 0 Å². The molecular weight excluding hydrogens is 178 g/mol. The number of nitrogens with zero attached hydrogens (tertiary/aromatic N) is 1. The average molecular weight is 189 g/mol. The largest absolute Gasteiger partial charge is 0.454 e. The van der Waals surface area contributed by atoms with Gasteiger partial charge in [-0.2, -0.15) is 5.26 Å². The SMILES string of the molecule is Cc1cc2c(cc1CCC#N)OCO2. The summed E-state index contributed by atoms with van der Waals surface area (Å²) in [5.41, 5.74) is 2.32. The lowest BCUT2D eigenvalue weighted by Crippen LogP contribution is -1.92. The quantitative estimate of drug-likeness (QED) is 0.716. The first kappa shape index (κ1) is 8.89. The van der Waals surface area contributed by atoms with E-state index >= 15 is 0 Å². The van der Waals surface area contributed by atoms with Crippen LogP contribution in [0.25, 0.3) is 0 Å². The van der Waals surface area contributed by atoms with E-state index in [4.69, 9.17) is 14.7 Å². The Kier molecular flexibility index (Phi) is 2.28. The monoisotopic (exact) mass is 189 g/mol. The van der Waals surface area contributed by atoms with Crippen molar-refractivity contribution in [3.05, 3.63) is 23.3 Å². The van der Waals surface area contributed by atoms with Gasteiger partial charge in [0, 0.05) is 6.42 Å². The van der Waals surface area contributed by atoms with Crippen LogP contribution in [0.3, 0.4) is 0 Å². The highest BCUT2D eigenvalue weighted by Gasteiger charge is 2.15. The van der Waals surface area contributed by atoms with Gasteiger partial charge < -0.3 is 9.47 Å². The molecule has 0 aromatic heterocycles. The van der Waals surface area contributed by atoms with Crippen LogP contribution in [-0.2, 0) is 6.42 Å². The van der Waals surface area contributed by atoms with Crippen molar-refractivity contribution >= 4 is 0 Å². The Morgan fingerprint density at radius 3 is 2.79 bits per heavy atom. The summed E-state index contributed by atoms with van der Waals surface area (Å²) in [5, 5.41) is 8.51. The van der Waals surface area contributed by atoms with Crippen LogP contribution in [0.5, 0.6) is 11.5 Å². The van der Waals surface area contributed by atoms with E-state index in [1.807, 2.05) is 19.1 Å². The fourth-order valence-corrected chi connectivity index (χ4v) is 1.55. The molecule has 1 aliphatic heterocycles. The lowest BCUT2D eigenvalue weighted by Gasteiger charge is -2.04. The van der Waals surface area contributed by atoms with Crippen molar-refractivity contribution in [2.45, 2.75) is 19.8 Å². The Balaban J connectivity index is 2.29. The maximum Gasteiger partial charge on any atom is 0.231 e. The molecule has 1 aliphatic rings. The van der Waals surface area contributed by atoms with Crippen molar-refractivity contribution < 1.29 is 9.47 Å². The van der Waals surface area contributed by atoms with Crippen LogP contribution in [-0.4, -0.2) is 6.79 Å². The lowest BCUT2D eigenvalue weighted by molar-refractivity contribution is 0.174. The molecule has 0 aliphatic carbocycles. The van der Waals surface area contributed by atoms with E-state index in [0.29, 0.717) is 13.2 Å². The normalized spacial score (nSPS) is 12.6. The first-order valence-electron chi connectivity index (χ1n) is 4.57. The summed E-state index contributed by atoms with van der Waals surface area (Å²) in [7, 11) is 0. The van der Waals surface area contributed by atoms with Gasteiger partial charge in [-0.15, -0.1) is 0 Å². The highest BCUT2D eigenvalue weighted by Crippen LogP contribution is 2.34. The first-order valence-corrected chi connectivity index (χ1v) is 4.57. The van der Waals surface area contributed by atoms with Gasteiger partial charge in [-0.3, -0.25) is 0 Å². The van der Waals surface area contributed by atoms with Gasteiger partial charge in [-0.05, 0) is 36.6 Å². The summed E-state index contributed by atoms with van der Waals surface area (Å²) >= 11 is 0. The van der Waals surface area contributed by atoms with E-state index in [1.165, 1.54) is 0 Å². The Morgan fingerprint density at radius 2 is 2.07 bits per heavy atom. The van der Waals surface area contributed by atoms with E-state index in [-0.39, 0.29) is 0 Å². The Labute approximate surface area is 82.9 Å². The number of rotatable bonds is 2. The van der Waals surface area contributed by atoms with Gasteiger partial charge in [0.25, 0.3) is 0 Å². The molecule has 14 heavy (non-hydrogen) atoms. The number of nitriles is 1. The van der Waals surface area contributed by atoms with E-state index in [1.54, 1.807) is 0 Å². The van der Waals surface area contributed by atoms with Gasteiger partial charge in [0.2, 0.25) is 6.79 Å². The number of benzene rings is 1. The minimum Gasteiger partial charge on any atom is -0.454 e. The summed E-state index contributed by atoms with van der Waals surface area (Å²) in [6, 6.07) is 6.07. The Bertz CT molecular complexity index is 393. The van der Waals surface area contributed by atoms with Gasteiger partial charge in [0.15, 0.2) is 11.5 Å². The zero-order chi connectivity index (χ0) is 9.97. The molecule has 0 atom stereocenters. The maximum absolute atomic E-state index is 8.51. The number of aryl methyl sites for hydroxylation is 2. The average Bonchev–Trinajstić information content (AvgIpc) is 2.61. The van der Waals surface area contributed by atoms with Crippen molar-refractivity contribution in [1.82, 2.24) is 0 Å². The molecule has 0 fully saturated rings. The van der Waals surface area contributed by atoms with Crippen LogP contribution >= 0.6 is 0 Å². The van der Waals surface area contributed by atoms with Gasteiger partial charge in [-0.25, -0.2) is 0 Å². The van der Waals surface area contributed by atoms with Crippen molar-refractivity contribution in [2.24, 2.45) is 0 Å². The number of fused-ring (bicyclic) bond motifs is 1. The van der Waals surface area contributed by atoms with Crippen molar-refractivity contribution in [1.29, 1.82) is 5.26 Å². The molecule has 72 valence electrons. The van der Waals surface area contributed by atoms with Crippen molar-refractivity contribution in [3.63, 3.8) is 0 Å². The molecule has 0 bridgehead atoms. The van der Waals surface area contributed by atoms with Crippen LogP contribution in [0.1, 0.15) is 17.5 Å². The third kappa shape index (κ3) is 1.51. The molecule has 0 saturated carbocycles. The van der Waals surface area contributed by atoms with Crippen LogP contribution in [0.4, 0.5) is 0 Å². The minimum atomic E-state index is 0.302. The molecule has 0 N–H and O–H groups in total. The van der Waals surface area contributed by atoms with E-state index in [2.05, 4.69) is 6.07 Å². The molecule has 2 rings (SSSR count). The molecule has 1 heterocycles. The molecular formula is C11H11NO2. The van der Waals surface area contributed by atoms with E-state index < -0.39 is 0 Å². The summed E-state index contributed by atoms with van der Waals surface area (Å²) in [5.74, 6) is 1.60. The number of hydrogen-bond acceptors (Lipinski definition) is 3. The van der Waals surface area contributed by atoms with Crippen molar-refractivity contribution in [2.75, 3.05) is 6.79 Å². The standard InChI is InChI=1S/C11H11NO2/c1-8-5-10-11(14-7-13-10)6-9(8)3-2-4-12/h5-6H,2-3,7H2,1H3. The second kappa shape index (κ2) is 3.59. The topological polar surface area (TPSA) is 42.2 Å².